The maximum Gasteiger partial charge on any atom is 0.317 e. The molecular weight excluding hydrogens is 376 g/mol. The first kappa shape index (κ1) is 21.2. The molecule has 0 bridgehead atoms. The number of likely N-dealkylation sites (N-methyl/N-ethyl adjacent to an activating group) is 1. The average Bonchev–Trinajstić information content (AvgIpc) is 3.02. The number of hydrogen-bond acceptors (Lipinski definition) is 3. The van der Waals surface area contributed by atoms with Crippen molar-refractivity contribution in [3.05, 3.63) is 35.4 Å². The Morgan fingerprint density at radius 2 is 1.70 bits per heavy atom. The summed E-state index contributed by atoms with van der Waals surface area (Å²) in [6.45, 7) is 9.18. The van der Waals surface area contributed by atoms with Gasteiger partial charge in [-0.3, -0.25) is 4.79 Å². The zero-order chi connectivity index (χ0) is 21.3. The van der Waals surface area contributed by atoms with Crippen molar-refractivity contribution in [2.45, 2.75) is 56.9 Å². The first-order valence-electron chi connectivity index (χ1n) is 11.5. The molecule has 1 aromatic carbocycles. The molecule has 1 atom stereocenters. The highest BCUT2D eigenvalue weighted by molar-refractivity contribution is 5.78. The highest BCUT2D eigenvalue weighted by atomic mass is 16.2. The van der Waals surface area contributed by atoms with E-state index in [1.807, 2.05) is 23.6 Å². The molecule has 3 aliphatic rings. The number of amides is 3. The van der Waals surface area contributed by atoms with Crippen LogP contribution in [-0.2, 0) is 10.2 Å². The number of nitrogens with one attached hydrogen (secondary N) is 1. The maximum absolute atomic E-state index is 13.0. The molecule has 30 heavy (non-hydrogen) atoms. The summed E-state index contributed by atoms with van der Waals surface area (Å²) in [5, 5.41) is 3.02. The Morgan fingerprint density at radius 3 is 2.37 bits per heavy atom. The molecule has 0 unspecified atom stereocenters. The average molecular weight is 413 g/mol. The third-order valence-corrected chi connectivity index (χ3v) is 7.31. The van der Waals surface area contributed by atoms with Crippen LogP contribution in [0.4, 0.5) is 4.79 Å². The fourth-order valence-electron chi connectivity index (χ4n) is 5.55. The quantitative estimate of drug-likeness (QED) is 0.831. The van der Waals surface area contributed by atoms with E-state index in [1.54, 1.807) is 0 Å². The predicted molar refractivity (Wildman–Crippen MR) is 119 cm³/mol. The second kappa shape index (κ2) is 8.58. The molecule has 1 N–H and O–H groups in total. The Hall–Kier alpha value is -2.08. The highest BCUT2D eigenvalue weighted by Gasteiger charge is 2.46. The molecule has 2 heterocycles. The number of carbonyl (C=O) groups is 2. The van der Waals surface area contributed by atoms with Crippen molar-refractivity contribution >= 4 is 11.9 Å². The Morgan fingerprint density at radius 1 is 1.03 bits per heavy atom. The molecule has 6 nitrogen and oxygen atoms in total. The lowest BCUT2D eigenvalue weighted by Crippen LogP contribution is -2.49. The van der Waals surface area contributed by atoms with Crippen LogP contribution in [0.15, 0.2) is 24.3 Å². The molecule has 0 aromatic heterocycles. The lowest BCUT2D eigenvalue weighted by molar-refractivity contribution is -0.133. The van der Waals surface area contributed by atoms with Gasteiger partial charge in [0.05, 0.1) is 0 Å². The Labute approximate surface area is 180 Å². The number of hydrogen-bond donors (Lipinski definition) is 1. The second-order valence-electron chi connectivity index (χ2n) is 9.75. The van der Waals surface area contributed by atoms with Gasteiger partial charge in [-0.15, -0.1) is 0 Å². The molecule has 2 aliphatic heterocycles. The molecule has 0 radical (unpaired) electrons. The van der Waals surface area contributed by atoms with E-state index in [4.69, 9.17) is 0 Å². The number of benzene rings is 1. The molecule has 3 amide bonds. The zero-order valence-corrected chi connectivity index (χ0v) is 18.7. The summed E-state index contributed by atoms with van der Waals surface area (Å²) in [5.74, 6) is 0.595. The number of nitrogens with zero attached hydrogens (tertiary/aromatic N) is 3. The van der Waals surface area contributed by atoms with Crippen LogP contribution in [0.25, 0.3) is 0 Å². The summed E-state index contributed by atoms with van der Waals surface area (Å²) in [7, 11) is 2.12. The number of rotatable bonds is 3. The first-order valence-corrected chi connectivity index (χ1v) is 11.5. The predicted octanol–water partition coefficient (Wildman–Crippen LogP) is 2.79. The van der Waals surface area contributed by atoms with E-state index in [0.29, 0.717) is 18.2 Å². The van der Waals surface area contributed by atoms with Crippen molar-refractivity contribution in [3.8, 4) is 0 Å². The van der Waals surface area contributed by atoms with Crippen molar-refractivity contribution in [3.63, 3.8) is 0 Å². The molecule has 1 aliphatic carbocycles. The van der Waals surface area contributed by atoms with Gasteiger partial charge < -0.3 is 20.0 Å². The number of likely N-dealkylation sites (tertiary alicyclic amines) is 1. The fourth-order valence-corrected chi connectivity index (χ4v) is 5.55. The topological polar surface area (TPSA) is 55.9 Å². The summed E-state index contributed by atoms with van der Waals surface area (Å²) >= 11 is 0. The third kappa shape index (κ3) is 4.20. The van der Waals surface area contributed by atoms with E-state index in [-0.39, 0.29) is 17.5 Å². The maximum atomic E-state index is 13.0. The highest BCUT2D eigenvalue weighted by Crippen LogP contribution is 2.52. The smallest absolute Gasteiger partial charge is 0.317 e. The standard InChI is InChI=1S/C24H36N4O2/c1-18(2)25-23(30)28-10-8-24(9-11-28)17-19(20-6-4-5-7-21(20)24)16-22(29)27-14-12-26(3)13-15-27/h4-7,18-19H,8-17H2,1-3H3,(H,25,30)/t19-/m0/s1. The summed E-state index contributed by atoms with van der Waals surface area (Å²) in [5.41, 5.74) is 2.89. The molecule has 2 fully saturated rings. The van der Waals surface area contributed by atoms with E-state index in [9.17, 15) is 9.59 Å². The SMILES string of the molecule is CC(C)NC(=O)N1CCC2(CC1)C[C@H](CC(=O)N1CCN(C)CC1)c1ccccc12. The van der Waals surface area contributed by atoms with Crippen LogP contribution in [0.2, 0.25) is 0 Å². The molecule has 2 saturated heterocycles. The van der Waals surface area contributed by atoms with Crippen LogP contribution in [0, 0.1) is 0 Å². The van der Waals surface area contributed by atoms with Gasteiger partial charge in [-0.1, -0.05) is 24.3 Å². The molecule has 1 spiro atoms. The summed E-state index contributed by atoms with van der Waals surface area (Å²) in [6, 6.07) is 8.93. The van der Waals surface area contributed by atoms with Crippen LogP contribution in [0.1, 0.15) is 56.6 Å². The van der Waals surface area contributed by atoms with Gasteiger partial charge in [-0.05, 0) is 62.6 Å². The van der Waals surface area contributed by atoms with Gasteiger partial charge in [-0.25, -0.2) is 4.79 Å². The molecule has 4 rings (SSSR count). The molecule has 164 valence electrons. The van der Waals surface area contributed by atoms with Crippen LogP contribution in [-0.4, -0.2) is 79.0 Å². The fraction of sp³-hybridized carbons (Fsp3) is 0.667. The van der Waals surface area contributed by atoms with Crippen molar-refractivity contribution in [2.24, 2.45) is 0 Å². The van der Waals surface area contributed by atoms with E-state index < -0.39 is 0 Å². The summed E-state index contributed by atoms with van der Waals surface area (Å²) in [4.78, 5) is 31.7. The lowest BCUT2D eigenvalue weighted by Gasteiger charge is -2.40. The van der Waals surface area contributed by atoms with Gasteiger partial charge in [0.25, 0.3) is 0 Å². The lowest BCUT2D eigenvalue weighted by atomic mass is 9.73. The number of urea groups is 1. The van der Waals surface area contributed by atoms with Crippen molar-refractivity contribution in [2.75, 3.05) is 46.3 Å². The minimum atomic E-state index is 0.0490. The summed E-state index contributed by atoms with van der Waals surface area (Å²) < 4.78 is 0. The Kier molecular flexibility index (Phi) is 6.05. The van der Waals surface area contributed by atoms with Gasteiger partial charge in [0, 0.05) is 51.7 Å². The molecule has 0 saturated carbocycles. The Balaban J connectivity index is 1.44. The van der Waals surface area contributed by atoms with Crippen LogP contribution in [0.5, 0.6) is 0 Å². The normalized spacial score (nSPS) is 23.7. The summed E-state index contributed by atoms with van der Waals surface area (Å²) in [6.07, 6.45) is 3.61. The second-order valence-corrected chi connectivity index (χ2v) is 9.75. The van der Waals surface area contributed by atoms with Crippen molar-refractivity contribution in [1.82, 2.24) is 20.0 Å². The Bertz CT molecular complexity index is 777. The van der Waals surface area contributed by atoms with Gasteiger partial charge >= 0.3 is 6.03 Å². The third-order valence-electron chi connectivity index (χ3n) is 7.31. The first-order chi connectivity index (χ1) is 14.4. The van der Waals surface area contributed by atoms with Crippen LogP contribution in [0.3, 0.4) is 0 Å². The minimum absolute atomic E-state index is 0.0490. The number of piperidine rings is 1. The van der Waals surface area contributed by atoms with Crippen LogP contribution < -0.4 is 5.32 Å². The number of fused-ring (bicyclic) bond motifs is 2. The number of piperazine rings is 1. The monoisotopic (exact) mass is 412 g/mol. The van der Waals surface area contributed by atoms with Crippen molar-refractivity contribution in [1.29, 1.82) is 0 Å². The van der Waals surface area contributed by atoms with E-state index in [0.717, 1.165) is 58.5 Å². The molecule has 1 aromatic rings. The van der Waals surface area contributed by atoms with E-state index in [1.165, 1.54) is 11.1 Å². The number of carbonyl (C=O) groups excluding carboxylic acids is 2. The minimum Gasteiger partial charge on any atom is -0.340 e. The van der Waals surface area contributed by atoms with E-state index in [2.05, 4.69) is 41.5 Å². The zero-order valence-electron chi connectivity index (χ0n) is 18.7. The van der Waals surface area contributed by atoms with Crippen molar-refractivity contribution < 1.29 is 9.59 Å². The van der Waals surface area contributed by atoms with Gasteiger partial charge in [0.2, 0.25) is 5.91 Å². The molecular formula is C24H36N4O2. The van der Waals surface area contributed by atoms with Gasteiger partial charge in [0.1, 0.15) is 0 Å². The largest absolute Gasteiger partial charge is 0.340 e. The van der Waals surface area contributed by atoms with E-state index >= 15 is 0 Å². The molecule has 6 heteroatoms. The van der Waals surface area contributed by atoms with Gasteiger partial charge in [0.15, 0.2) is 0 Å². The van der Waals surface area contributed by atoms with Crippen LogP contribution >= 0.6 is 0 Å². The van der Waals surface area contributed by atoms with Gasteiger partial charge in [-0.2, -0.15) is 0 Å².